The van der Waals surface area contributed by atoms with Gasteiger partial charge in [0.05, 0.1) is 52.7 Å². The monoisotopic (exact) mass is 599 g/mol. The predicted octanol–water partition coefficient (Wildman–Crippen LogP) is 3.04. The number of alkyl halides is 2. The SMILES string of the molecule is COc1ccnc(CS(=O)C2(S(=O)(=O)c3ccc(OCC(=O)O)cc3)Nc3ccc(OC(F)F)cc3N2)c1OC. The number of rotatable bonds is 12. The average molecular weight is 600 g/mol. The summed E-state index contributed by atoms with van der Waals surface area (Å²) in [7, 11) is -4.21. The van der Waals surface area contributed by atoms with Gasteiger partial charge in [-0.1, -0.05) is 0 Å². The minimum absolute atomic E-state index is 0.0436. The summed E-state index contributed by atoms with van der Waals surface area (Å²) >= 11 is 0. The van der Waals surface area contributed by atoms with Gasteiger partial charge in [0, 0.05) is 18.3 Å². The number of carboxylic acid groups (broad SMARTS) is 1. The first-order valence-electron chi connectivity index (χ1n) is 11.3. The first-order chi connectivity index (χ1) is 19.0. The number of sulfone groups is 1. The van der Waals surface area contributed by atoms with Gasteiger partial charge in [-0.2, -0.15) is 8.78 Å². The number of aromatic nitrogens is 1. The minimum Gasteiger partial charge on any atom is -0.493 e. The Morgan fingerprint density at radius 1 is 1.05 bits per heavy atom. The number of carboxylic acids is 1. The summed E-state index contributed by atoms with van der Waals surface area (Å²) < 4.78 is 85.5. The Hall–Kier alpha value is -4.18. The lowest BCUT2D eigenvalue weighted by molar-refractivity contribution is -0.139. The molecule has 16 heteroatoms. The molecule has 2 aromatic carbocycles. The highest BCUT2D eigenvalue weighted by molar-refractivity contribution is 8.07. The molecule has 2 atom stereocenters. The molecule has 0 saturated carbocycles. The first-order valence-corrected chi connectivity index (χ1v) is 14.1. The second-order valence-electron chi connectivity index (χ2n) is 8.09. The topological polar surface area (TPSA) is 162 Å². The Bertz CT molecular complexity index is 1540. The molecule has 1 aliphatic heterocycles. The van der Waals surface area contributed by atoms with Gasteiger partial charge >= 0.3 is 12.6 Å². The molecule has 3 aromatic rings. The molecule has 214 valence electrons. The highest BCUT2D eigenvalue weighted by atomic mass is 32.3. The summed E-state index contributed by atoms with van der Waals surface area (Å²) in [6, 6.07) is 9.98. The van der Waals surface area contributed by atoms with Crippen LogP contribution >= 0.6 is 0 Å². The zero-order valence-corrected chi connectivity index (χ0v) is 22.6. The fourth-order valence-electron chi connectivity index (χ4n) is 3.87. The lowest BCUT2D eigenvalue weighted by Gasteiger charge is -2.29. The second kappa shape index (κ2) is 11.5. The quantitative estimate of drug-likeness (QED) is 0.279. The molecule has 2 heterocycles. The van der Waals surface area contributed by atoms with E-state index in [-0.39, 0.29) is 45.0 Å². The standard InChI is InChI=1S/C24H23F2N3O9S2/c1-35-20-9-10-27-19(22(20)36-2)13-39(32)24(28-17-8-5-15(38-23(25)26)11-18(17)29-24)40(33,34)16-6-3-14(4-7-16)37-12-21(30)31/h3-11,23,28-29H,12-13H2,1-2H3,(H,30,31). The van der Waals surface area contributed by atoms with Crippen LogP contribution < -0.4 is 29.6 Å². The highest BCUT2D eigenvalue weighted by Gasteiger charge is 2.54. The van der Waals surface area contributed by atoms with E-state index >= 15 is 0 Å². The predicted molar refractivity (Wildman–Crippen MR) is 139 cm³/mol. The van der Waals surface area contributed by atoms with Gasteiger partial charge in [0.1, 0.15) is 11.5 Å². The summed E-state index contributed by atoms with van der Waals surface area (Å²) in [6.45, 7) is -3.76. The molecular weight excluding hydrogens is 576 g/mol. The molecule has 1 aromatic heterocycles. The molecule has 3 N–H and O–H groups in total. The van der Waals surface area contributed by atoms with Crippen molar-refractivity contribution in [1.29, 1.82) is 0 Å². The number of pyridine rings is 1. The van der Waals surface area contributed by atoms with E-state index in [0.29, 0.717) is 0 Å². The summed E-state index contributed by atoms with van der Waals surface area (Å²) in [6.07, 6.45) is 1.38. The number of nitrogens with one attached hydrogen (secondary N) is 2. The van der Waals surface area contributed by atoms with Crippen molar-refractivity contribution in [1.82, 2.24) is 4.98 Å². The van der Waals surface area contributed by atoms with Gasteiger partial charge in [-0.25, -0.2) is 13.2 Å². The van der Waals surface area contributed by atoms with Crippen LogP contribution in [0.4, 0.5) is 20.2 Å². The number of hydrogen-bond donors (Lipinski definition) is 3. The number of hydrogen-bond acceptors (Lipinski definition) is 11. The summed E-state index contributed by atoms with van der Waals surface area (Å²) in [5, 5.41) is 14.3. The number of carbonyl (C=O) groups is 1. The van der Waals surface area contributed by atoms with Crippen molar-refractivity contribution in [2.24, 2.45) is 0 Å². The average Bonchev–Trinajstić information content (AvgIpc) is 3.32. The first kappa shape index (κ1) is 28.8. The maximum absolute atomic E-state index is 14.1. The van der Waals surface area contributed by atoms with Crippen LogP contribution in [0.3, 0.4) is 0 Å². The number of nitrogens with zero attached hydrogens (tertiary/aromatic N) is 1. The molecule has 0 bridgehead atoms. The van der Waals surface area contributed by atoms with E-state index in [2.05, 4.69) is 20.4 Å². The van der Waals surface area contributed by atoms with Crippen LogP contribution in [-0.4, -0.2) is 60.5 Å². The van der Waals surface area contributed by atoms with Crippen molar-refractivity contribution in [3.63, 3.8) is 0 Å². The van der Waals surface area contributed by atoms with Crippen LogP contribution in [0.2, 0.25) is 0 Å². The number of halogens is 2. The molecule has 0 saturated heterocycles. The smallest absolute Gasteiger partial charge is 0.387 e. The Labute approximate surface area is 229 Å². The molecular formula is C24H23F2N3O9S2. The van der Waals surface area contributed by atoms with Gasteiger partial charge in [0.2, 0.25) is 9.84 Å². The van der Waals surface area contributed by atoms with E-state index in [1.165, 1.54) is 50.7 Å². The Morgan fingerprint density at radius 3 is 2.35 bits per heavy atom. The van der Waals surface area contributed by atoms with E-state index in [0.717, 1.165) is 18.2 Å². The van der Waals surface area contributed by atoms with Crippen LogP contribution in [0.15, 0.2) is 59.6 Å². The minimum atomic E-state index is -4.59. The van der Waals surface area contributed by atoms with E-state index in [1.807, 2.05) is 0 Å². The Kier molecular flexibility index (Phi) is 8.29. The number of aliphatic carboxylic acids is 1. The van der Waals surface area contributed by atoms with Crippen molar-refractivity contribution in [2.45, 2.75) is 21.6 Å². The molecule has 2 unspecified atom stereocenters. The van der Waals surface area contributed by atoms with Gasteiger partial charge < -0.3 is 34.7 Å². The number of anilines is 2. The van der Waals surface area contributed by atoms with Gasteiger partial charge in [-0.15, -0.1) is 0 Å². The third-order valence-corrected chi connectivity index (χ3v) is 10.1. The lowest BCUT2D eigenvalue weighted by atomic mass is 10.2. The van der Waals surface area contributed by atoms with Crippen LogP contribution in [0, 0.1) is 0 Å². The maximum atomic E-state index is 14.1. The fraction of sp³-hybridized carbons (Fsp3) is 0.250. The number of fused-ring (bicyclic) bond motifs is 1. The molecule has 1 aliphatic rings. The molecule has 40 heavy (non-hydrogen) atoms. The lowest BCUT2D eigenvalue weighted by Crippen LogP contribution is -2.53. The third kappa shape index (κ3) is 5.58. The van der Waals surface area contributed by atoms with Crippen molar-refractivity contribution in [3.8, 4) is 23.0 Å². The van der Waals surface area contributed by atoms with Gasteiger partial charge in [-0.05, 0) is 36.4 Å². The molecule has 0 spiro atoms. The summed E-state index contributed by atoms with van der Waals surface area (Å²) in [5.74, 6) is -1.39. The van der Waals surface area contributed by atoms with Crippen LogP contribution in [0.25, 0.3) is 0 Å². The maximum Gasteiger partial charge on any atom is 0.387 e. The summed E-state index contributed by atoms with van der Waals surface area (Å²) in [4.78, 5) is 14.7. The van der Waals surface area contributed by atoms with E-state index in [1.54, 1.807) is 0 Å². The van der Waals surface area contributed by atoms with Crippen LogP contribution in [-0.2, 0) is 31.2 Å². The Morgan fingerprint density at radius 2 is 1.73 bits per heavy atom. The molecule has 0 amide bonds. The normalized spacial score (nSPS) is 16.8. The van der Waals surface area contributed by atoms with Gasteiger partial charge in [0.15, 0.2) is 18.1 Å². The third-order valence-electron chi connectivity index (χ3n) is 5.64. The molecule has 0 fully saturated rings. The number of ether oxygens (including phenoxy) is 4. The molecule has 0 radical (unpaired) electrons. The van der Waals surface area contributed by atoms with Crippen molar-refractivity contribution in [3.05, 3.63) is 60.4 Å². The Balaban J connectivity index is 1.77. The summed E-state index contributed by atoms with van der Waals surface area (Å²) in [5.41, 5.74) is 0.334. The van der Waals surface area contributed by atoms with E-state index in [4.69, 9.17) is 19.3 Å². The van der Waals surface area contributed by atoms with Crippen molar-refractivity contribution >= 4 is 38.0 Å². The van der Waals surface area contributed by atoms with Gasteiger partial charge in [0.25, 0.3) is 4.33 Å². The van der Waals surface area contributed by atoms with Gasteiger partial charge in [-0.3, -0.25) is 9.19 Å². The van der Waals surface area contributed by atoms with Crippen LogP contribution in [0.1, 0.15) is 5.69 Å². The van der Waals surface area contributed by atoms with Crippen molar-refractivity contribution in [2.75, 3.05) is 31.5 Å². The largest absolute Gasteiger partial charge is 0.493 e. The van der Waals surface area contributed by atoms with Crippen LogP contribution in [0.5, 0.6) is 23.0 Å². The number of benzene rings is 2. The zero-order chi connectivity index (χ0) is 29.1. The second-order valence-corrected chi connectivity index (χ2v) is 12.0. The molecule has 0 aliphatic carbocycles. The van der Waals surface area contributed by atoms with Crippen molar-refractivity contribution < 1.29 is 50.3 Å². The zero-order valence-electron chi connectivity index (χ0n) is 20.9. The molecule has 4 rings (SSSR count). The van der Waals surface area contributed by atoms with E-state index < -0.39 is 49.9 Å². The van der Waals surface area contributed by atoms with E-state index in [9.17, 15) is 26.2 Å². The fourth-order valence-corrected chi connectivity index (χ4v) is 7.74. The highest BCUT2D eigenvalue weighted by Crippen LogP contribution is 2.44. The molecule has 12 nitrogen and oxygen atoms in total. The number of methoxy groups -OCH3 is 2.